The first kappa shape index (κ1) is 15.6. The summed E-state index contributed by atoms with van der Waals surface area (Å²) in [6, 6.07) is 13.1. The lowest BCUT2D eigenvalue weighted by Gasteiger charge is -2.16. The minimum absolute atomic E-state index is 0.142. The average molecular weight is 299 g/mol. The van der Waals surface area contributed by atoms with Crippen molar-refractivity contribution in [2.45, 2.75) is 19.3 Å². The van der Waals surface area contributed by atoms with Gasteiger partial charge in [0.2, 0.25) is 5.91 Å². The molecule has 114 valence electrons. The Morgan fingerprint density at radius 3 is 2.41 bits per heavy atom. The number of rotatable bonds is 5. The lowest BCUT2D eigenvalue weighted by molar-refractivity contribution is -0.117. The molecule has 2 aromatic carbocycles. The molecule has 0 aromatic heterocycles. The van der Waals surface area contributed by atoms with Crippen molar-refractivity contribution >= 4 is 17.6 Å². The highest BCUT2D eigenvalue weighted by Gasteiger charge is 2.21. The number of carboxylic acid groups (broad SMARTS) is 1. The van der Waals surface area contributed by atoms with Crippen molar-refractivity contribution < 1.29 is 19.8 Å². The highest BCUT2D eigenvalue weighted by molar-refractivity contribution is 6.02. The van der Waals surface area contributed by atoms with Gasteiger partial charge in [0.15, 0.2) is 0 Å². The van der Waals surface area contributed by atoms with Crippen LogP contribution < -0.4 is 5.32 Å². The van der Waals surface area contributed by atoms with E-state index in [9.17, 15) is 14.7 Å². The Hall–Kier alpha value is -2.82. The molecule has 0 aliphatic carbocycles. The summed E-state index contributed by atoms with van der Waals surface area (Å²) in [6.07, 6.45) is 0.594. The number of carboxylic acids is 1. The Balaban J connectivity index is 2.26. The molecule has 0 saturated heterocycles. The molecule has 1 unspecified atom stereocenters. The first-order valence-electron chi connectivity index (χ1n) is 6.95. The average Bonchev–Trinajstić information content (AvgIpc) is 2.50. The van der Waals surface area contributed by atoms with E-state index in [0.717, 1.165) is 11.6 Å². The van der Waals surface area contributed by atoms with Crippen LogP contribution >= 0.6 is 0 Å². The zero-order valence-electron chi connectivity index (χ0n) is 12.1. The molecule has 0 fully saturated rings. The van der Waals surface area contributed by atoms with Crippen LogP contribution in [0.4, 0.5) is 5.69 Å². The second-order valence-electron chi connectivity index (χ2n) is 4.90. The Morgan fingerprint density at radius 2 is 1.82 bits per heavy atom. The number of carbonyl (C=O) groups excluding carboxylic acids is 1. The fourth-order valence-electron chi connectivity index (χ4n) is 2.30. The molecule has 0 aliphatic rings. The molecule has 0 spiro atoms. The van der Waals surface area contributed by atoms with Crippen LogP contribution in [0.1, 0.15) is 35.2 Å². The van der Waals surface area contributed by atoms with Gasteiger partial charge in [0.05, 0.1) is 17.2 Å². The van der Waals surface area contributed by atoms with Crippen molar-refractivity contribution in [3.05, 3.63) is 59.7 Å². The second-order valence-corrected chi connectivity index (χ2v) is 4.90. The molecule has 2 aromatic rings. The largest absolute Gasteiger partial charge is 0.508 e. The predicted octanol–water partition coefficient (Wildman–Crippen LogP) is 3.22. The van der Waals surface area contributed by atoms with E-state index >= 15 is 0 Å². The summed E-state index contributed by atoms with van der Waals surface area (Å²) >= 11 is 0. The van der Waals surface area contributed by atoms with Crippen molar-refractivity contribution in [2.75, 3.05) is 5.32 Å². The number of aromatic hydroxyl groups is 1. The van der Waals surface area contributed by atoms with Gasteiger partial charge < -0.3 is 15.5 Å². The number of benzene rings is 2. The molecule has 5 heteroatoms. The fraction of sp³-hybridized carbons (Fsp3) is 0.176. The smallest absolute Gasteiger partial charge is 0.337 e. The van der Waals surface area contributed by atoms with E-state index < -0.39 is 5.97 Å². The third-order valence-corrected chi connectivity index (χ3v) is 3.42. The number of nitrogens with one attached hydrogen (secondary N) is 1. The maximum absolute atomic E-state index is 12.4. The number of anilines is 1. The molecule has 0 saturated carbocycles. The van der Waals surface area contributed by atoms with Crippen molar-refractivity contribution in [1.82, 2.24) is 0 Å². The Morgan fingerprint density at radius 1 is 1.14 bits per heavy atom. The van der Waals surface area contributed by atoms with Gasteiger partial charge in [-0.25, -0.2) is 4.79 Å². The van der Waals surface area contributed by atoms with E-state index in [2.05, 4.69) is 5.32 Å². The highest BCUT2D eigenvalue weighted by Crippen LogP contribution is 2.25. The molecule has 3 N–H and O–H groups in total. The summed E-state index contributed by atoms with van der Waals surface area (Å²) in [5.41, 5.74) is 0.902. The van der Waals surface area contributed by atoms with Crippen LogP contribution in [0.25, 0.3) is 0 Å². The molecule has 0 aliphatic heterocycles. The molecule has 0 heterocycles. The van der Waals surface area contributed by atoms with Crippen LogP contribution in [-0.2, 0) is 4.79 Å². The van der Waals surface area contributed by atoms with Gasteiger partial charge in [-0.2, -0.15) is 0 Å². The van der Waals surface area contributed by atoms with Crippen molar-refractivity contribution in [1.29, 1.82) is 0 Å². The van der Waals surface area contributed by atoms with Gasteiger partial charge in [-0.3, -0.25) is 4.79 Å². The first-order chi connectivity index (χ1) is 10.5. The molecule has 0 bridgehead atoms. The van der Waals surface area contributed by atoms with Crippen LogP contribution in [0.2, 0.25) is 0 Å². The van der Waals surface area contributed by atoms with Crippen molar-refractivity contribution in [2.24, 2.45) is 0 Å². The summed E-state index contributed by atoms with van der Waals surface area (Å²) in [6.45, 7) is 1.90. The van der Waals surface area contributed by atoms with Crippen LogP contribution in [-0.4, -0.2) is 22.1 Å². The number of hydrogen-bond donors (Lipinski definition) is 3. The Kier molecular flexibility index (Phi) is 4.78. The monoisotopic (exact) mass is 299 g/mol. The third kappa shape index (κ3) is 3.44. The van der Waals surface area contributed by atoms with Gasteiger partial charge in [-0.15, -0.1) is 0 Å². The summed E-state index contributed by atoms with van der Waals surface area (Å²) in [4.78, 5) is 23.6. The predicted molar refractivity (Wildman–Crippen MR) is 83.2 cm³/mol. The molecule has 1 amide bonds. The van der Waals surface area contributed by atoms with E-state index in [1.165, 1.54) is 12.1 Å². The molecule has 1 atom stereocenters. The number of hydrogen-bond acceptors (Lipinski definition) is 3. The fourth-order valence-corrected chi connectivity index (χ4v) is 2.30. The van der Waals surface area contributed by atoms with Gasteiger partial charge in [-0.05, 0) is 30.2 Å². The molecular weight excluding hydrogens is 282 g/mol. The van der Waals surface area contributed by atoms with E-state index in [4.69, 9.17) is 5.11 Å². The van der Waals surface area contributed by atoms with E-state index in [-0.39, 0.29) is 28.8 Å². The van der Waals surface area contributed by atoms with Gasteiger partial charge in [-0.1, -0.05) is 37.3 Å². The number of phenolic OH excluding ortho intramolecular Hbond substituents is 1. The Labute approximate surface area is 128 Å². The topological polar surface area (TPSA) is 86.6 Å². The number of phenols is 1. The zero-order valence-corrected chi connectivity index (χ0v) is 12.1. The summed E-state index contributed by atoms with van der Waals surface area (Å²) in [5.74, 6) is -2.01. The van der Waals surface area contributed by atoms with Crippen LogP contribution in [0.3, 0.4) is 0 Å². The summed E-state index contributed by atoms with van der Waals surface area (Å²) < 4.78 is 0. The lowest BCUT2D eigenvalue weighted by atomic mass is 9.95. The Bertz CT molecular complexity index is 682. The quantitative estimate of drug-likeness (QED) is 0.740. The molecule has 5 nitrogen and oxygen atoms in total. The number of carbonyl (C=O) groups is 2. The number of amides is 1. The SMILES string of the molecule is CCC(C(=O)Nc1ccc(O)cc1C(=O)O)c1ccccc1. The maximum Gasteiger partial charge on any atom is 0.337 e. The normalized spacial score (nSPS) is 11.7. The van der Waals surface area contributed by atoms with Gasteiger partial charge in [0.25, 0.3) is 0 Å². The molecule has 0 radical (unpaired) electrons. The number of aromatic carboxylic acids is 1. The standard InChI is InChI=1S/C17H17NO4/c1-2-13(11-6-4-3-5-7-11)16(20)18-15-9-8-12(19)10-14(15)17(21)22/h3-10,13,19H,2H2,1H3,(H,18,20)(H,21,22). The molecule has 2 rings (SSSR count). The summed E-state index contributed by atoms with van der Waals surface area (Å²) in [5, 5.41) is 21.2. The minimum Gasteiger partial charge on any atom is -0.508 e. The van der Waals surface area contributed by atoms with Gasteiger partial charge in [0.1, 0.15) is 5.75 Å². The van der Waals surface area contributed by atoms with Crippen LogP contribution in [0, 0.1) is 0 Å². The lowest BCUT2D eigenvalue weighted by Crippen LogP contribution is -2.22. The minimum atomic E-state index is -1.21. The molecular formula is C17H17NO4. The van der Waals surface area contributed by atoms with E-state index in [1.807, 2.05) is 37.3 Å². The van der Waals surface area contributed by atoms with Gasteiger partial charge in [0, 0.05) is 0 Å². The van der Waals surface area contributed by atoms with Gasteiger partial charge >= 0.3 is 5.97 Å². The van der Waals surface area contributed by atoms with E-state index in [1.54, 1.807) is 0 Å². The first-order valence-corrected chi connectivity index (χ1v) is 6.95. The van der Waals surface area contributed by atoms with Crippen LogP contribution in [0.15, 0.2) is 48.5 Å². The van der Waals surface area contributed by atoms with Crippen molar-refractivity contribution in [3.63, 3.8) is 0 Å². The van der Waals surface area contributed by atoms with Crippen LogP contribution in [0.5, 0.6) is 5.75 Å². The summed E-state index contributed by atoms with van der Waals surface area (Å²) in [7, 11) is 0. The maximum atomic E-state index is 12.4. The van der Waals surface area contributed by atoms with E-state index in [0.29, 0.717) is 6.42 Å². The second kappa shape index (κ2) is 6.76. The molecule has 22 heavy (non-hydrogen) atoms. The van der Waals surface area contributed by atoms with Crippen molar-refractivity contribution in [3.8, 4) is 5.75 Å². The zero-order chi connectivity index (χ0) is 16.1. The highest BCUT2D eigenvalue weighted by atomic mass is 16.4. The third-order valence-electron chi connectivity index (χ3n) is 3.42.